The minimum absolute atomic E-state index is 0.0639. The van der Waals surface area contributed by atoms with Gasteiger partial charge in [-0.3, -0.25) is 0 Å². The van der Waals surface area contributed by atoms with Gasteiger partial charge in [0.15, 0.2) is 0 Å². The molecule has 2 amide bonds. The smallest absolute Gasteiger partial charge is 0.335 e. The summed E-state index contributed by atoms with van der Waals surface area (Å²) in [6.45, 7) is 2.25. The Bertz CT molecular complexity index is 426. The Morgan fingerprint density at radius 3 is 2.59 bits per heavy atom. The van der Waals surface area contributed by atoms with E-state index in [0.29, 0.717) is 24.8 Å². The van der Waals surface area contributed by atoms with Crippen LogP contribution in [-0.2, 0) is 0 Å². The summed E-state index contributed by atoms with van der Waals surface area (Å²) in [7, 11) is 0. The van der Waals surface area contributed by atoms with Gasteiger partial charge in [0.05, 0.1) is 5.92 Å². The highest BCUT2D eigenvalue weighted by molar-refractivity contribution is 5.74. The number of alkyl halides is 3. The van der Waals surface area contributed by atoms with Crippen molar-refractivity contribution in [3.8, 4) is 0 Å². The molecule has 2 aliphatic carbocycles. The molecule has 0 aromatic heterocycles. The first-order chi connectivity index (χ1) is 10.3. The third kappa shape index (κ3) is 3.20. The van der Waals surface area contributed by atoms with Gasteiger partial charge in [-0.2, -0.15) is 13.2 Å². The SMILES string of the molecule is C[C@H](NC(=O)N1CCC[C@H](C(F)(F)F)C1)[C@H]1C[C@H]2CC[C@H]1C2. The highest BCUT2D eigenvalue weighted by atomic mass is 19.4. The van der Waals surface area contributed by atoms with E-state index in [1.165, 1.54) is 24.2 Å². The van der Waals surface area contributed by atoms with Gasteiger partial charge in [0.1, 0.15) is 0 Å². The van der Waals surface area contributed by atoms with E-state index >= 15 is 0 Å². The molecule has 126 valence electrons. The van der Waals surface area contributed by atoms with Crippen LogP contribution in [-0.4, -0.2) is 36.2 Å². The Balaban J connectivity index is 1.53. The van der Waals surface area contributed by atoms with Gasteiger partial charge in [-0.25, -0.2) is 4.79 Å². The van der Waals surface area contributed by atoms with Crippen LogP contribution in [0.2, 0.25) is 0 Å². The monoisotopic (exact) mass is 318 g/mol. The molecule has 0 aromatic carbocycles. The van der Waals surface area contributed by atoms with Gasteiger partial charge in [0.2, 0.25) is 0 Å². The molecule has 0 aromatic rings. The molecular formula is C16H25F3N2O. The fraction of sp³-hybridized carbons (Fsp3) is 0.938. The minimum Gasteiger partial charge on any atom is -0.335 e. The van der Waals surface area contributed by atoms with Crippen molar-refractivity contribution in [2.75, 3.05) is 13.1 Å². The molecule has 6 heteroatoms. The van der Waals surface area contributed by atoms with Crippen LogP contribution >= 0.6 is 0 Å². The molecule has 3 fully saturated rings. The summed E-state index contributed by atoms with van der Waals surface area (Å²) in [4.78, 5) is 13.6. The van der Waals surface area contributed by atoms with E-state index in [0.717, 1.165) is 12.3 Å². The predicted octanol–water partition coefficient (Wildman–Crippen LogP) is 3.80. The van der Waals surface area contributed by atoms with Crippen molar-refractivity contribution in [2.45, 2.75) is 57.7 Å². The zero-order valence-electron chi connectivity index (χ0n) is 13.0. The van der Waals surface area contributed by atoms with Crippen molar-refractivity contribution >= 4 is 6.03 Å². The molecule has 3 rings (SSSR count). The number of urea groups is 1. The van der Waals surface area contributed by atoms with Gasteiger partial charge in [0, 0.05) is 19.1 Å². The number of rotatable bonds is 2. The third-order valence-corrected chi connectivity index (χ3v) is 5.96. The Labute approximate surface area is 129 Å². The van der Waals surface area contributed by atoms with Gasteiger partial charge in [-0.1, -0.05) is 6.42 Å². The summed E-state index contributed by atoms with van der Waals surface area (Å²) in [5.41, 5.74) is 0. The second kappa shape index (κ2) is 5.93. The lowest BCUT2D eigenvalue weighted by Gasteiger charge is -2.36. The van der Waals surface area contributed by atoms with E-state index in [9.17, 15) is 18.0 Å². The number of nitrogens with one attached hydrogen (secondary N) is 1. The molecule has 2 bridgehead atoms. The summed E-state index contributed by atoms with van der Waals surface area (Å²) >= 11 is 0. The standard InChI is InChI=1S/C16H25F3N2O/c1-10(14-8-11-4-5-12(14)7-11)20-15(22)21-6-2-3-13(9-21)16(17,18)19/h10-14H,2-9H2,1H3,(H,20,22)/t10-,11-,12-,13-,14+/m0/s1. The van der Waals surface area contributed by atoms with Crippen LogP contribution in [0.3, 0.4) is 0 Å². The molecule has 22 heavy (non-hydrogen) atoms. The summed E-state index contributed by atoms with van der Waals surface area (Å²) in [5.74, 6) is 0.638. The van der Waals surface area contributed by atoms with Crippen molar-refractivity contribution in [3.63, 3.8) is 0 Å². The van der Waals surface area contributed by atoms with E-state index < -0.39 is 12.1 Å². The van der Waals surface area contributed by atoms with Crippen molar-refractivity contribution in [2.24, 2.45) is 23.7 Å². The lowest BCUT2D eigenvalue weighted by molar-refractivity contribution is -0.184. The number of carbonyl (C=O) groups excluding carboxylic acids is 1. The average molecular weight is 318 g/mol. The second-order valence-electron chi connectivity index (χ2n) is 7.40. The quantitative estimate of drug-likeness (QED) is 0.825. The van der Waals surface area contributed by atoms with Crippen LogP contribution in [0, 0.1) is 23.7 Å². The summed E-state index contributed by atoms with van der Waals surface area (Å²) in [6.07, 6.45) is 1.35. The number of piperidine rings is 1. The van der Waals surface area contributed by atoms with Gasteiger partial charge in [-0.15, -0.1) is 0 Å². The zero-order chi connectivity index (χ0) is 15.9. The molecule has 0 radical (unpaired) electrons. The largest absolute Gasteiger partial charge is 0.393 e. The van der Waals surface area contributed by atoms with Crippen molar-refractivity contribution in [1.82, 2.24) is 10.2 Å². The number of hydrogen-bond acceptors (Lipinski definition) is 1. The van der Waals surface area contributed by atoms with Crippen molar-refractivity contribution < 1.29 is 18.0 Å². The van der Waals surface area contributed by atoms with Crippen LogP contribution in [0.25, 0.3) is 0 Å². The maximum atomic E-state index is 12.8. The Kier molecular flexibility index (Phi) is 4.29. The van der Waals surface area contributed by atoms with E-state index in [2.05, 4.69) is 5.32 Å². The van der Waals surface area contributed by atoms with E-state index in [4.69, 9.17) is 0 Å². The molecule has 3 nitrogen and oxygen atoms in total. The van der Waals surface area contributed by atoms with E-state index in [1.54, 1.807) is 0 Å². The van der Waals surface area contributed by atoms with E-state index in [1.807, 2.05) is 6.92 Å². The maximum Gasteiger partial charge on any atom is 0.393 e. The Hall–Kier alpha value is -0.940. The number of nitrogens with zero attached hydrogens (tertiary/aromatic N) is 1. The molecule has 5 atom stereocenters. The Morgan fingerprint density at radius 2 is 2.00 bits per heavy atom. The van der Waals surface area contributed by atoms with Crippen molar-refractivity contribution in [1.29, 1.82) is 0 Å². The minimum atomic E-state index is -4.20. The first kappa shape index (κ1) is 15.9. The number of fused-ring (bicyclic) bond motifs is 2. The van der Waals surface area contributed by atoms with Crippen LogP contribution in [0.1, 0.15) is 45.4 Å². The van der Waals surface area contributed by atoms with Crippen LogP contribution in [0.5, 0.6) is 0 Å². The van der Waals surface area contributed by atoms with Gasteiger partial charge < -0.3 is 10.2 Å². The molecule has 0 spiro atoms. The number of hydrogen-bond donors (Lipinski definition) is 1. The van der Waals surface area contributed by atoms with Gasteiger partial charge in [0.25, 0.3) is 0 Å². The van der Waals surface area contributed by atoms with Gasteiger partial charge in [-0.05, 0) is 56.8 Å². The first-order valence-electron chi connectivity index (χ1n) is 8.46. The molecule has 2 saturated carbocycles. The van der Waals surface area contributed by atoms with Crippen molar-refractivity contribution in [3.05, 3.63) is 0 Å². The normalized spacial score (nSPS) is 36.5. The highest BCUT2D eigenvalue weighted by Gasteiger charge is 2.44. The van der Waals surface area contributed by atoms with Crippen LogP contribution < -0.4 is 5.32 Å². The second-order valence-corrected chi connectivity index (χ2v) is 7.40. The van der Waals surface area contributed by atoms with E-state index in [-0.39, 0.29) is 25.0 Å². The summed E-state index contributed by atoms with van der Waals surface area (Å²) in [6, 6.07) is -0.252. The topological polar surface area (TPSA) is 32.3 Å². The fourth-order valence-electron chi connectivity index (χ4n) is 4.73. The van der Waals surface area contributed by atoms with Gasteiger partial charge >= 0.3 is 12.2 Å². The molecule has 1 N–H and O–H groups in total. The first-order valence-corrected chi connectivity index (χ1v) is 8.46. The number of likely N-dealkylation sites (tertiary alicyclic amines) is 1. The lowest BCUT2D eigenvalue weighted by atomic mass is 9.84. The third-order valence-electron chi connectivity index (χ3n) is 5.96. The Morgan fingerprint density at radius 1 is 1.23 bits per heavy atom. The molecule has 3 aliphatic rings. The van der Waals surface area contributed by atoms with Crippen LogP contribution in [0.4, 0.5) is 18.0 Å². The average Bonchev–Trinajstić information content (AvgIpc) is 3.09. The summed E-state index contributed by atoms with van der Waals surface area (Å²) in [5, 5.41) is 2.97. The molecular weight excluding hydrogens is 293 g/mol. The number of amides is 2. The summed E-state index contributed by atoms with van der Waals surface area (Å²) < 4.78 is 38.5. The predicted molar refractivity (Wildman–Crippen MR) is 77.3 cm³/mol. The molecule has 1 aliphatic heterocycles. The number of carbonyl (C=O) groups is 1. The zero-order valence-corrected chi connectivity index (χ0v) is 13.0. The fourth-order valence-corrected chi connectivity index (χ4v) is 4.73. The van der Waals surface area contributed by atoms with Crippen LogP contribution in [0.15, 0.2) is 0 Å². The molecule has 1 heterocycles. The molecule has 1 saturated heterocycles. The number of halogens is 3. The maximum absolute atomic E-state index is 12.8. The molecule has 0 unspecified atom stereocenters. The highest BCUT2D eigenvalue weighted by Crippen LogP contribution is 2.49. The lowest BCUT2D eigenvalue weighted by Crippen LogP contribution is -2.52.